The highest BCUT2D eigenvalue weighted by molar-refractivity contribution is 6.03. The van der Waals surface area contributed by atoms with Crippen molar-refractivity contribution in [2.75, 3.05) is 26.8 Å². The van der Waals surface area contributed by atoms with Gasteiger partial charge in [-0.1, -0.05) is 24.6 Å². The van der Waals surface area contributed by atoms with Crippen LogP contribution < -0.4 is 4.74 Å². The smallest absolute Gasteiger partial charge is 0.323 e. The second-order valence-electron chi connectivity index (χ2n) is 8.49. The molecule has 2 aromatic rings. The number of likely N-dealkylation sites (tertiary alicyclic amines) is 1. The van der Waals surface area contributed by atoms with Crippen molar-refractivity contribution in [3.63, 3.8) is 0 Å². The first-order chi connectivity index (χ1) is 16.5. The van der Waals surface area contributed by atoms with Crippen molar-refractivity contribution >= 4 is 17.6 Å². The number of hydrogen-bond donors (Lipinski definition) is 0. The standard InChI is InChI=1S/C26H30FN3O4/c1-3-34-26(32)23-10-6-7-15-29(23)17-25(31)30-24(20-8-4-5-9-21(20)27)16-22(28-30)18-11-13-19(33-2)14-12-18/h4-5,8-9,11-14,23-24H,3,6-7,10,15-17H2,1-2H3/t23-,24-/m1/s1. The van der Waals surface area contributed by atoms with Crippen LogP contribution in [0, 0.1) is 5.82 Å². The van der Waals surface area contributed by atoms with Crippen LogP contribution in [0.1, 0.15) is 49.8 Å². The molecule has 0 N–H and O–H groups in total. The minimum absolute atomic E-state index is 0.0217. The lowest BCUT2D eigenvalue weighted by molar-refractivity contribution is -0.152. The van der Waals surface area contributed by atoms with Gasteiger partial charge in [-0.05, 0) is 62.2 Å². The lowest BCUT2D eigenvalue weighted by Crippen LogP contribution is -2.49. The van der Waals surface area contributed by atoms with Crippen LogP contribution in [0.4, 0.5) is 4.39 Å². The zero-order valence-corrected chi connectivity index (χ0v) is 19.6. The Morgan fingerprint density at radius 3 is 2.59 bits per heavy atom. The van der Waals surface area contributed by atoms with E-state index in [4.69, 9.17) is 9.47 Å². The molecule has 1 fully saturated rings. The minimum atomic E-state index is -0.559. The number of piperidine rings is 1. The highest BCUT2D eigenvalue weighted by Gasteiger charge is 2.37. The first-order valence-corrected chi connectivity index (χ1v) is 11.7. The van der Waals surface area contributed by atoms with Crippen molar-refractivity contribution in [3.05, 3.63) is 65.5 Å². The lowest BCUT2D eigenvalue weighted by Gasteiger charge is -2.34. The van der Waals surface area contributed by atoms with E-state index in [1.807, 2.05) is 29.2 Å². The fraction of sp³-hybridized carbons (Fsp3) is 0.423. The molecular formula is C26H30FN3O4. The maximum absolute atomic E-state index is 14.7. The van der Waals surface area contributed by atoms with E-state index in [2.05, 4.69) is 5.10 Å². The Labute approximate surface area is 199 Å². The number of nitrogens with zero attached hydrogens (tertiary/aromatic N) is 3. The molecule has 2 heterocycles. The van der Waals surface area contributed by atoms with Crippen LogP contribution in [0.15, 0.2) is 53.6 Å². The summed E-state index contributed by atoms with van der Waals surface area (Å²) in [5.74, 6) is -0.229. The zero-order valence-electron chi connectivity index (χ0n) is 19.6. The van der Waals surface area contributed by atoms with Crippen molar-refractivity contribution in [1.29, 1.82) is 0 Å². The van der Waals surface area contributed by atoms with Gasteiger partial charge < -0.3 is 9.47 Å². The van der Waals surface area contributed by atoms with Gasteiger partial charge in [0.05, 0.1) is 32.0 Å². The third-order valence-corrected chi connectivity index (χ3v) is 6.36. The molecule has 0 spiro atoms. The van der Waals surface area contributed by atoms with Crippen LogP contribution in [0.25, 0.3) is 0 Å². The van der Waals surface area contributed by atoms with E-state index in [1.54, 1.807) is 32.2 Å². The Kier molecular flexibility index (Phi) is 7.57. The molecule has 180 valence electrons. The van der Waals surface area contributed by atoms with Crippen molar-refractivity contribution < 1.29 is 23.5 Å². The van der Waals surface area contributed by atoms with E-state index in [-0.39, 0.29) is 24.2 Å². The predicted molar refractivity (Wildman–Crippen MR) is 126 cm³/mol. The number of esters is 1. The molecule has 4 rings (SSSR count). The summed E-state index contributed by atoms with van der Waals surface area (Å²) in [6, 6.07) is 12.9. The third-order valence-electron chi connectivity index (χ3n) is 6.36. The number of amides is 1. The Hall–Kier alpha value is -3.26. The number of rotatable bonds is 7. The van der Waals surface area contributed by atoms with Crippen LogP contribution in [-0.4, -0.2) is 60.3 Å². The van der Waals surface area contributed by atoms with Gasteiger partial charge >= 0.3 is 5.97 Å². The van der Waals surface area contributed by atoms with Crippen molar-refractivity contribution in [3.8, 4) is 5.75 Å². The number of carbonyl (C=O) groups excluding carboxylic acids is 2. The van der Waals surface area contributed by atoms with Crippen molar-refractivity contribution in [1.82, 2.24) is 9.91 Å². The van der Waals surface area contributed by atoms with Crippen LogP contribution in [0.5, 0.6) is 5.75 Å². The summed E-state index contributed by atoms with van der Waals surface area (Å²) >= 11 is 0. The molecule has 1 saturated heterocycles. The van der Waals surface area contributed by atoms with Gasteiger partial charge in [0.2, 0.25) is 0 Å². The maximum Gasteiger partial charge on any atom is 0.323 e. The summed E-state index contributed by atoms with van der Waals surface area (Å²) in [5, 5.41) is 6.02. The summed E-state index contributed by atoms with van der Waals surface area (Å²) < 4.78 is 25.2. The molecule has 2 aromatic carbocycles. The first kappa shape index (κ1) is 23.9. The van der Waals surface area contributed by atoms with E-state index >= 15 is 0 Å². The molecule has 1 amide bonds. The van der Waals surface area contributed by atoms with E-state index in [0.717, 1.165) is 24.2 Å². The predicted octanol–water partition coefficient (Wildman–Crippen LogP) is 3.93. The lowest BCUT2D eigenvalue weighted by atomic mass is 9.97. The second kappa shape index (κ2) is 10.8. The molecule has 2 aliphatic heterocycles. The number of methoxy groups -OCH3 is 1. The average Bonchev–Trinajstić information content (AvgIpc) is 3.30. The Bertz CT molecular complexity index is 1060. The van der Waals surface area contributed by atoms with E-state index in [9.17, 15) is 14.0 Å². The van der Waals surface area contributed by atoms with Gasteiger partial charge in [-0.15, -0.1) is 0 Å². The summed E-state index contributed by atoms with van der Waals surface area (Å²) in [6.45, 7) is 2.72. The van der Waals surface area contributed by atoms with E-state index < -0.39 is 12.1 Å². The van der Waals surface area contributed by atoms with Crippen LogP contribution in [0.3, 0.4) is 0 Å². The summed E-state index contributed by atoms with van der Waals surface area (Å²) in [6.07, 6.45) is 2.86. The van der Waals surface area contributed by atoms with Crippen LogP contribution >= 0.6 is 0 Å². The Morgan fingerprint density at radius 1 is 1.12 bits per heavy atom. The molecule has 2 atom stereocenters. The van der Waals surface area contributed by atoms with Crippen molar-refractivity contribution in [2.45, 2.75) is 44.7 Å². The molecule has 34 heavy (non-hydrogen) atoms. The fourth-order valence-corrected chi connectivity index (χ4v) is 4.62. The quantitative estimate of drug-likeness (QED) is 0.577. The van der Waals surface area contributed by atoms with Crippen LogP contribution in [0.2, 0.25) is 0 Å². The summed E-state index contributed by atoms with van der Waals surface area (Å²) in [7, 11) is 1.60. The highest BCUT2D eigenvalue weighted by atomic mass is 19.1. The Morgan fingerprint density at radius 2 is 1.88 bits per heavy atom. The van der Waals surface area contributed by atoms with Gasteiger partial charge in [0, 0.05) is 12.0 Å². The van der Waals surface area contributed by atoms with Gasteiger partial charge in [-0.25, -0.2) is 9.40 Å². The van der Waals surface area contributed by atoms with E-state index in [0.29, 0.717) is 37.3 Å². The monoisotopic (exact) mass is 467 g/mol. The normalized spacial score (nSPS) is 20.7. The summed E-state index contributed by atoms with van der Waals surface area (Å²) in [5.41, 5.74) is 1.97. The second-order valence-corrected chi connectivity index (χ2v) is 8.49. The zero-order chi connectivity index (χ0) is 24.1. The Balaban J connectivity index is 1.60. The topological polar surface area (TPSA) is 71.4 Å². The molecule has 2 aliphatic rings. The fourth-order valence-electron chi connectivity index (χ4n) is 4.62. The minimum Gasteiger partial charge on any atom is -0.497 e. The SMILES string of the molecule is CCOC(=O)[C@H]1CCCCN1CC(=O)N1N=C(c2ccc(OC)cc2)C[C@@H]1c1ccccc1F. The summed E-state index contributed by atoms with van der Waals surface area (Å²) in [4.78, 5) is 27.8. The van der Waals surface area contributed by atoms with Gasteiger partial charge in [-0.3, -0.25) is 14.5 Å². The number of hydrazone groups is 1. The van der Waals surface area contributed by atoms with Crippen LogP contribution in [-0.2, 0) is 14.3 Å². The molecule has 0 aromatic heterocycles. The maximum atomic E-state index is 14.7. The molecule has 0 radical (unpaired) electrons. The molecule has 0 bridgehead atoms. The molecule has 0 aliphatic carbocycles. The number of ether oxygens (including phenoxy) is 2. The average molecular weight is 468 g/mol. The first-order valence-electron chi connectivity index (χ1n) is 11.7. The van der Waals surface area contributed by atoms with Gasteiger partial charge in [0.15, 0.2) is 0 Å². The largest absolute Gasteiger partial charge is 0.497 e. The molecular weight excluding hydrogens is 437 g/mol. The molecule has 0 unspecified atom stereocenters. The highest BCUT2D eigenvalue weighted by Crippen LogP contribution is 2.35. The number of carbonyl (C=O) groups is 2. The molecule has 0 saturated carbocycles. The van der Waals surface area contributed by atoms with Crippen molar-refractivity contribution in [2.24, 2.45) is 5.10 Å². The van der Waals surface area contributed by atoms with Gasteiger partial charge in [-0.2, -0.15) is 5.10 Å². The molecule has 7 nitrogen and oxygen atoms in total. The molecule has 8 heteroatoms. The van der Waals surface area contributed by atoms with Gasteiger partial charge in [0.25, 0.3) is 5.91 Å². The van der Waals surface area contributed by atoms with Gasteiger partial charge in [0.1, 0.15) is 17.6 Å². The van der Waals surface area contributed by atoms with E-state index in [1.165, 1.54) is 11.1 Å². The third kappa shape index (κ3) is 5.12. The number of halogens is 1. The number of benzene rings is 2. The number of hydrogen-bond acceptors (Lipinski definition) is 6.